The number of hydrogen-bond donors (Lipinski definition) is 1. The summed E-state index contributed by atoms with van der Waals surface area (Å²) >= 11 is 15.4. The van der Waals surface area contributed by atoms with Crippen LogP contribution in [0, 0.1) is 0 Å². The van der Waals surface area contributed by atoms with E-state index in [0.29, 0.717) is 44.7 Å². The maximum atomic E-state index is 13.3. The van der Waals surface area contributed by atoms with Gasteiger partial charge in [-0.2, -0.15) is 0 Å². The van der Waals surface area contributed by atoms with E-state index < -0.39 is 0 Å². The van der Waals surface area contributed by atoms with Crippen molar-refractivity contribution >= 4 is 52.2 Å². The number of thiazole rings is 1. The highest BCUT2D eigenvalue weighted by Gasteiger charge is 2.21. The second kappa shape index (κ2) is 13.0. The normalized spacial score (nSPS) is 11.9. The third-order valence-electron chi connectivity index (χ3n) is 6.44. The van der Waals surface area contributed by atoms with Crippen LogP contribution in [-0.4, -0.2) is 25.7 Å². The first-order chi connectivity index (χ1) is 20.5. The summed E-state index contributed by atoms with van der Waals surface area (Å²) in [5.41, 5.74) is 3.30. The minimum Gasteiger partial charge on any atom is -0.461 e. The number of amides is 1. The summed E-state index contributed by atoms with van der Waals surface area (Å²) in [6.07, 6.45) is 2.26. The Balaban J connectivity index is 1.19. The molecular formula is C31H23Cl2N5O2S2. The first-order valence-electron chi connectivity index (χ1n) is 13.0. The molecule has 0 spiro atoms. The molecule has 0 radical (unpaired) electrons. The number of nitrogens with zero attached hydrogens (tertiary/aromatic N) is 4. The molecule has 0 saturated carbocycles. The Morgan fingerprint density at radius 3 is 2.48 bits per heavy atom. The monoisotopic (exact) mass is 631 g/mol. The van der Waals surface area contributed by atoms with Crippen molar-refractivity contribution in [3.05, 3.63) is 135 Å². The molecule has 0 aliphatic carbocycles. The zero-order chi connectivity index (χ0) is 28.9. The molecule has 3 aromatic heterocycles. The molecule has 0 aliphatic rings. The molecule has 1 amide bonds. The molecule has 6 rings (SSSR count). The molecule has 3 aromatic carbocycles. The maximum absolute atomic E-state index is 13.3. The van der Waals surface area contributed by atoms with E-state index in [0.717, 1.165) is 21.8 Å². The summed E-state index contributed by atoms with van der Waals surface area (Å²) < 4.78 is 7.46. The third-order valence-corrected chi connectivity index (χ3v) is 9.15. The Bertz CT molecular complexity index is 1790. The number of rotatable bonds is 10. The molecule has 0 unspecified atom stereocenters. The first-order valence-corrected chi connectivity index (χ1v) is 15.6. The molecule has 0 saturated heterocycles. The van der Waals surface area contributed by atoms with Crippen LogP contribution in [0.2, 0.25) is 10.0 Å². The van der Waals surface area contributed by atoms with Crippen molar-refractivity contribution < 1.29 is 9.21 Å². The maximum Gasteiger partial charge on any atom is 0.271 e. The van der Waals surface area contributed by atoms with Crippen molar-refractivity contribution in [1.82, 2.24) is 25.1 Å². The van der Waals surface area contributed by atoms with Gasteiger partial charge in [-0.25, -0.2) is 4.98 Å². The second-order valence-corrected chi connectivity index (χ2v) is 12.0. The van der Waals surface area contributed by atoms with E-state index in [2.05, 4.69) is 32.6 Å². The average molecular weight is 633 g/mol. The van der Waals surface area contributed by atoms with Gasteiger partial charge in [0, 0.05) is 5.38 Å². The Morgan fingerprint density at radius 2 is 1.74 bits per heavy atom. The van der Waals surface area contributed by atoms with Crippen LogP contribution in [0.1, 0.15) is 32.7 Å². The lowest BCUT2D eigenvalue weighted by Crippen LogP contribution is -2.30. The van der Waals surface area contributed by atoms with Gasteiger partial charge < -0.3 is 9.73 Å². The van der Waals surface area contributed by atoms with Crippen molar-refractivity contribution in [3.8, 4) is 17.3 Å². The molecule has 11 heteroatoms. The molecule has 0 fully saturated rings. The van der Waals surface area contributed by atoms with Gasteiger partial charge in [0.2, 0.25) is 5.82 Å². The summed E-state index contributed by atoms with van der Waals surface area (Å²) in [6.45, 7) is 0. The smallest absolute Gasteiger partial charge is 0.271 e. The number of hydrogen-bond acceptors (Lipinski definition) is 7. The van der Waals surface area contributed by atoms with E-state index in [4.69, 9.17) is 27.6 Å². The lowest BCUT2D eigenvalue weighted by molar-refractivity contribution is 0.0932. The zero-order valence-electron chi connectivity index (χ0n) is 22.0. The predicted octanol–water partition coefficient (Wildman–Crippen LogP) is 8.30. The standard InChI is InChI=1S/C31H23Cl2N5O2S2/c32-23-14-13-22(17-24(23)33)38-29(27-12-7-15-40-27)36-37-31(38)42-19-28-34-26(18-41-28)30(39)35-25(21-10-5-2-6-11-21)16-20-8-3-1-4-9-20/h1-15,17-18,25H,16,19H2,(H,35,39)/t25-/m1/s1. The highest BCUT2D eigenvalue weighted by atomic mass is 35.5. The number of aromatic nitrogens is 4. The van der Waals surface area contributed by atoms with Crippen molar-refractivity contribution in [2.24, 2.45) is 0 Å². The summed E-state index contributed by atoms with van der Waals surface area (Å²) in [7, 11) is 0. The highest BCUT2D eigenvalue weighted by molar-refractivity contribution is 7.98. The van der Waals surface area contributed by atoms with E-state index in [-0.39, 0.29) is 11.9 Å². The first kappa shape index (κ1) is 28.2. The lowest BCUT2D eigenvalue weighted by atomic mass is 9.99. The number of furan rings is 1. The Hall–Kier alpha value is -3.89. The van der Waals surface area contributed by atoms with Crippen molar-refractivity contribution in [3.63, 3.8) is 0 Å². The second-order valence-electron chi connectivity index (χ2n) is 9.26. The number of benzene rings is 3. The van der Waals surface area contributed by atoms with Crippen LogP contribution in [0.4, 0.5) is 0 Å². The molecule has 1 atom stereocenters. The Kier molecular flexibility index (Phi) is 8.71. The van der Waals surface area contributed by atoms with Crippen LogP contribution in [0.25, 0.3) is 17.3 Å². The van der Waals surface area contributed by atoms with Crippen LogP contribution in [0.3, 0.4) is 0 Å². The zero-order valence-corrected chi connectivity index (χ0v) is 25.1. The van der Waals surface area contributed by atoms with E-state index in [1.165, 1.54) is 23.1 Å². The SMILES string of the molecule is O=C(N[C@H](Cc1ccccc1)c1ccccc1)c1csc(CSc2nnc(-c3ccco3)n2-c2ccc(Cl)c(Cl)c2)n1. The fourth-order valence-electron chi connectivity index (χ4n) is 4.41. The lowest BCUT2D eigenvalue weighted by Gasteiger charge is -2.19. The summed E-state index contributed by atoms with van der Waals surface area (Å²) in [4.78, 5) is 17.9. The van der Waals surface area contributed by atoms with Gasteiger partial charge >= 0.3 is 0 Å². The number of nitrogens with one attached hydrogen (secondary N) is 1. The van der Waals surface area contributed by atoms with Gasteiger partial charge in [0.15, 0.2) is 10.9 Å². The van der Waals surface area contributed by atoms with Gasteiger partial charge in [0.1, 0.15) is 10.7 Å². The fraction of sp³-hybridized carbons (Fsp3) is 0.0968. The number of carbonyl (C=O) groups excluding carboxylic acids is 1. The molecule has 42 heavy (non-hydrogen) atoms. The number of halogens is 2. The predicted molar refractivity (Wildman–Crippen MR) is 168 cm³/mol. The van der Waals surface area contributed by atoms with Gasteiger partial charge in [-0.1, -0.05) is 95.6 Å². The quantitative estimate of drug-likeness (QED) is 0.153. The summed E-state index contributed by atoms with van der Waals surface area (Å²) in [5, 5.41) is 16.0. The van der Waals surface area contributed by atoms with Crippen molar-refractivity contribution in [2.45, 2.75) is 23.4 Å². The topological polar surface area (TPSA) is 85.8 Å². The van der Waals surface area contributed by atoms with Crippen molar-refractivity contribution in [1.29, 1.82) is 0 Å². The molecule has 7 nitrogen and oxygen atoms in total. The van der Waals surface area contributed by atoms with Gasteiger partial charge in [0.25, 0.3) is 5.91 Å². The van der Waals surface area contributed by atoms with Crippen LogP contribution in [-0.2, 0) is 12.2 Å². The molecule has 3 heterocycles. The minimum atomic E-state index is -0.216. The van der Waals surface area contributed by atoms with Crippen LogP contribution in [0.5, 0.6) is 0 Å². The fourth-order valence-corrected chi connectivity index (χ4v) is 6.45. The largest absolute Gasteiger partial charge is 0.461 e. The molecule has 6 aromatic rings. The minimum absolute atomic E-state index is 0.189. The summed E-state index contributed by atoms with van der Waals surface area (Å²) in [6, 6.07) is 28.8. The van der Waals surface area contributed by atoms with Crippen LogP contribution in [0.15, 0.2) is 112 Å². The Morgan fingerprint density at radius 1 is 0.952 bits per heavy atom. The van der Waals surface area contributed by atoms with Crippen molar-refractivity contribution in [2.75, 3.05) is 0 Å². The molecule has 1 N–H and O–H groups in total. The van der Waals surface area contributed by atoms with Gasteiger partial charge in [-0.3, -0.25) is 9.36 Å². The van der Waals surface area contributed by atoms with E-state index in [9.17, 15) is 4.79 Å². The Labute approximate surface area is 260 Å². The molecular weight excluding hydrogens is 609 g/mol. The van der Waals surface area contributed by atoms with E-state index in [1.54, 1.807) is 29.8 Å². The van der Waals surface area contributed by atoms with E-state index in [1.807, 2.05) is 65.2 Å². The van der Waals surface area contributed by atoms with Gasteiger partial charge in [-0.05, 0) is 47.9 Å². The van der Waals surface area contributed by atoms with E-state index >= 15 is 0 Å². The van der Waals surface area contributed by atoms with Crippen LogP contribution >= 0.6 is 46.3 Å². The number of carbonyl (C=O) groups is 1. The average Bonchev–Trinajstić information content (AvgIpc) is 3.79. The molecule has 0 bridgehead atoms. The summed E-state index contributed by atoms with van der Waals surface area (Å²) in [5.74, 6) is 1.37. The van der Waals surface area contributed by atoms with Gasteiger partial charge in [0.05, 0.1) is 33.8 Å². The van der Waals surface area contributed by atoms with Crippen LogP contribution < -0.4 is 5.32 Å². The molecule has 210 valence electrons. The third kappa shape index (κ3) is 6.44. The molecule has 0 aliphatic heterocycles. The highest BCUT2D eigenvalue weighted by Crippen LogP contribution is 2.33. The van der Waals surface area contributed by atoms with Gasteiger partial charge in [-0.15, -0.1) is 21.5 Å². The number of thioether (sulfide) groups is 1.